The van der Waals surface area contributed by atoms with Gasteiger partial charge in [0.25, 0.3) is 5.91 Å². The van der Waals surface area contributed by atoms with E-state index in [-0.39, 0.29) is 5.91 Å². The number of carbonyl (C=O) groups excluding carboxylic acids is 1. The standard InChI is InChI=1S/C18H14BrCl2N3O/c1-11-2-4-12(5-3-11)18(25)22-17-15(19)10-24(23-17)9-13-6-7-14(20)8-16(13)21/h2-8,10H,9H2,1H3,(H,22,23,25). The first-order valence-electron chi connectivity index (χ1n) is 7.47. The third kappa shape index (κ3) is 4.42. The monoisotopic (exact) mass is 437 g/mol. The quantitative estimate of drug-likeness (QED) is 0.579. The van der Waals surface area contributed by atoms with E-state index in [1.807, 2.05) is 25.1 Å². The SMILES string of the molecule is Cc1ccc(C(=O)Nc2nn(Cc3ccc(Cl)cc3Cl)cc2Br)cc1. The van der Waals surface area contributed by atoms with E-state index in [0.717, 1.165) is 11.1 Å². The van der Waals surface area contributed by atoms with Crippen molar-refractivity contribution in [3.63, 3.8) is 0 Å². The summed E-state index contributed by atoms with van der Waals surface area (Å²) in [5.41, 5.74) is 2.56. The van der Waals surface area contributed by atoms with Gasteiger partial charge in [-0.15, -0.1) is 0 Å². The molecule has 0 atom stereocenters. The van der Waals surface area contributed by atoms with Crippen LogP contribution in [0.5, 0.6) is 0 Å². The second-order valence-electron chi connectivity index (χ2n) is 5.58. The van der Waals surface area contributed by atoms with Crippen LogP contribution in [-0.2, 0) is 6.54 Å². The van der Waals surface area contributed by atoms with Crippen LogP contribution in [0.3, 0.4) is 0 Å². The zero-order valence-corrected chi connectivity index (χ0v) is 16.4. The Labute approximate surface area is 163 Å². The number of anilines is 1. The molecule has 1 amide bonds. The molecule has 7 heteroatoms. The molecule has 0 saturated carbocycles. The number of halogens is 3. The molecule has 0 unspecified atom stereocenters. The lowest BCUT2D eigenvalue weighted by atomic mass is 10.1. The lowest BCUT2D eigenvalue weighted by molar-refractivity contribution is 0.102. The highest BCUT2D eigenvalue weighted by Gasteiger charge is 2.13. The fourth-order valence-electron chi connectivity index (χ4n) is 2.27. The third-order valence-corrected chi connectivity index (χ3v) is 4.78. The molecule has 1 N–H and O–H groups in total. The summed E-state index contributed by atoms with van der Waals surface area (Å²) in [6, 6.07) is 12.7. The van der Waals surface area contributed by atoms with Gasteiger partial charge in [0.15, 0.2) is 5.82 Å². The van der Waals surface area contributed by atoms with Gasteiger partial charge in [-0.3, -0.25) is 9.48 Å². The minimum absolute atomic E-state index is 0.213. The average molecular weight is 439 g/mol. The Morgan fingerprint density at radius 1 is 1.20 bits per heavy atom. The van der Waals surface area contributed by atoms with Crippen molar-refractivity contribution in [3.8, 4) is 0 Å². The predicted molar refractivity (Wildman–Crippen MR) is 105 cm³/mol. The zero-order valence-electron chi connectivity index (χ0n) is 13.3. The minimum atomic E-state index is -0.213. The molecule has 0 aliphatic heterocycles. The van der Waals surface area contributed by atoms with Crippen molar-refractivity contribution < 1.29 is 4.79 Å². The molecule has 4 nitrogen and oxygen atoms in total. The fraction of sp³-hybridized carbons (Fsp3) is 0.111. The van der Waals surface area contributed by atoms with Gasteiger partial charge < -0.3 is 5.32 Å². The van der Waals surface area contributed by atoms with E-state index in [1.54, 1.807) is 35.1 Å². The van der Waals surface area contributed by atoms with E-state index >= 15 is 0 Å². The largest absolute Gasteiger partial charge is 0.304 e. The Hall–Kier alpha value is -1.82. The second-order valence-corrected chi connectivity index (χ2v) is 7.28. The highest BCUT2D eigenvalue weighted by molar-refractivity contribution is 9.10. The lowest BCUT2D eigenvalue weighted by Crippen LogP contribution is -2.13. The van der Waals surface area contributed by atoms with Crippen LogP contribution < -0.4 is 5.32 Å². The molecule has 3 rings (SSSR count). The Morgan fingerprint density at radius 3 is 2.60 bits per heavy atom. The minimum Gasteiger partial charge on any atom is -0.304 e. The fourth-order valence-corrected chi connectivity index (χ4v) is 3.15. The summed E-state index contributed by atoms with van der Waals surface area (Å²) >= 11 is 15.5. The molecule has 0 spiro atoms. The maximum atomic E-state index is 12.3. The summed E-state index contributed by atoms with van der Waals surface area (Å²) in [4.78, 5) is 12.3. The van der Waals surface area contributed by atoms with Gasteiger partial charge in [-0.25, -0.2) is 0 Å². The number of hydrogen-bond acceptors (Lipinski definition) is 2. The first-order valence-corrected chi connectivity index (χ1v) is 9.02. The Balaban J connectivity index is 1.76. The Bertz CT molecular complexity index is 923. The number of rotatable bonds is 4. The van der Waals surface area contributed by atoms with Gasteiger partial charge in [-0.2, -0.15) is 5.10 Å². The maximum absolute atomic E-state index is 12.3. The van der Waals surface area contributed by atoms with E-state index < -0.39 is 0 Å². The van der Waals surface area contributed by atoms with Crippen molar-refractivity contribution in [1.29, 1.82) is 0 Å². The molecule has 0 fully saturated rings. The zero-order chi connectivity index (χ0) is 18.0. The van der Waals surface area contributed by atoms with Crippen molar-refractivity contribution in [2.24, 2.45) is 0 Å². The molecule has 25 heavy (non-hydrogen) atoms. The number of benzene rings is 2. The third-order valence-electron chi connectivity index (χ3n) is 3.61. The van der Waals surface area contributed by atoms with Gasteiger partial charge >= 0.3 is 0 Å². The Kier molecular flexibility index (Phi) is 5.47. The number of amides is 1. The average Bonchev–Trinajstić information content (AvgIpc) is 2.90. The van der Waals surface area contributed by atoms with Crippen LogP contribution in [-0.4, -0.2) is 15.7 Å². The summed E-state index contributed by atoms with van der Waals surface area (Å²) in [5.74, 6) is 0.242. The topological polar surface area (TPSA) is 46.9 Å². The van der Waals surface area contributed by atoms with Crippen molar-refractivity contribution in [2.45, 2.75) is 13.5 Å². The normalized spacial score (nSPS) is 10.7. The number of aryl methyl sites for hydroxylation is 1. The van der Waals surface area contributed by atoms with Gasteiger partial charge in [0.05, 0.1) is 11.0 Å². The van der Waals surface area contributed by atoms with Gasteiger partial charge in [-0.1, -0.05) is 47.0 Å². The summed E-state index contributed by atoms with van der Waals surface area (Å²) in [5, 5.41) is 8.36. The number of aromatic nitrogens is 2. The van der Waals surface area contributed by atoms with Gasteiger partial charge in [0, 0.05) is 21.8 Å². The number of nitrogens with one attached hydrogen (secondary N) is 1. The highest BCUT2D eigenvalue weighted by Crippen LogP contribution is 2.25. The van der Waals surface area contributed by atoms with Gasteiger partial charge in [0.2, 0.25) is 0 Å². The molecule has 3 aromatic rings. The van der Waals surface area contributed by atoms with Gasteiger partial charge in [0.1, 0.15) is 0 Å². The molecule has 1 aromatic heterocycles. The molecule has 0 radical (unpaired) electrons. The number of carbonyl (C=O) groups is 1. The highest BCUT2D eigenvalue weighted by atomic mass is 79.9. The predicted octanol–water partition coefficient (Wildman–Crippen LogP) is 5.56. The number of nitrogens with zero attached hydrogens (tertiary/aromatic N) is 2. The number of hydrogen-bond donors (Lipinski definition) is 1. The molecule has 0 bridgehead atoms. The first-order chi connectivity index (χ1) is 11.9. The molecule has 2 aromatic carbocycles. The summed E-state index contributed by atoms with van der Waals surface area (Å²) < 4.78 is 2.39. The molecular formula is C18H14BrCl2N3O. The van der Waals surface area contributed by atoms with E-state index in [1.165, 1.54) is 0 Å². The maximum Gasteiger partial charge on any atom is 0.256 e. The molecule has 0 aliphatic carbocycles. The van der Waals surface area contributed by atoms with Crippen LogP contribution in [0.15, 0.2) is 53.1 Å². The molecule has 128 valence electrons. The summed E-state index contributed by atoms with van der Waals surface area (Å²) in [6.45, 7) is 2.44. The lowest BCUT2D eigenvalue weighted by Gasteiger charge is -2.05. The van der Waals surface area contributed by atoms with E-state index in [0.29, 0.717) is 32.4 Å². The van der Waals surface area contributed by atoms with Crippen molar-refractivity contribution in [3.05, 3.63) is 79.9 Å². The van der Waals surface area contributed by atoms with Crippen LogP contribution in [0.2, 0.25) is 10.0 Å². The second kappa shape index (κ2) is 7.60. The van der Waals surface area contributed by atoms with Crippen LogP contribution >= 0.6 is 39.1 Å². The summed E-state index contributed by atoms with van der Waals surface area (Å²) in [6.07, 6.45) is 1.79. The van der Waals surface area contributed by atoms with E-state index in [2.05, 4.69) is 26.3 Å². The van der Waals surface area contributed by atoms with Crippen molar-refractivity contribution in [1.82, 2.24) is 9.78 Å². The summed E-state index contributed by atoms with van der Waals surface area (Å²) in [7, 11) is 0. The molecular weight excluding hydrogens is 425 g/mol. The van der Waals surface area contributed by atoms with E-state index in [4.69, 9.17) is 23.2 Å². The van der Waals surface area contributed by atoms with Crippen molar-refractivity contribution in [2.75, 3.05) is 5.32 Å². The van der Waals surface area contributed by atoms with Crippen LogP contribution in [0.25, 0.3) is 0 Å². The van der Waals surface area contributed by atoms with Crippen LogP contribution in [0, 0.1) is 6.92 Å². The van der Waals surface area contributed by atoms with Gasteiger partial charge in [-0.05, 0) is 52.7 Å². The van der Waals surface area contributed by atoms with E-state index in [9.17, 15) is 4.79 Å². The van der Waals surface area contributed by atoms with Crippen molar-refractivity contribution >= 4 is 50.9 Å². The first kappa shape index (κ1) is 18.0. The Morgan fingerprint density at radius 2 is 1.92 bits per heavy atom. The molecule has 1 heterocycles. The van der Waals surface area contributed by atoms with Crippen LogP contribution in [0.4, 0.5) is 5.82 Å². The molecule has 0 aliphatic rings. The molecule has 0 saturated heterocycles. The smallest absolute Gasteiger partial charge is 0.256 e. The van der Waals surface area contributed by atoms with Crippen LogP contribution in [0.1, 0.15) is 21.5 Å².